The van der Waals surface area contributed by atoms with Crippen molar-refractivity contribution in [2.24, 2.45) is 4.99 Å². The summed E-state index contributed by atoms with van der Waals surface area (Å²) in [6, 6.07) is 8.70. The van der Waals surface area contributed by atoms with Crippen LogP contribution in [0.25, 0.3) is 10.2 Å². The molecule has 0 saturated heterocycles. The summed E-state index contributed by atoms with van der Waals surface area (Å²) in [4.78, 5) is 29.6. The number of nitrogens with zero attached hydrogens (tertiary/aromatic N) is 2. The highest BCUT2D eigenvalue weighted by Gasteiger charge is 2.19. The van der Waals surface area contributed by atoms with Crippen LogP contribution in [-0.2, 0) is 27.3 Å². The maximum absolute atomic E-state index is 12.9. The molecule has 1 heterocycles. The normalized spacial score (nSPS) is 11.3. The summed E-state index contributed by atoms with van der Waals surface area (Å²) in [6.45, 7) is -0.141. The third-order valence-electron chi connectivity index (χ3n) is 4.76. The topological polar surface area (TPSA) is 97.6 Å². The number of esters is 1. The lowest BCUT2D eigenvalue weighted by Crippen LogP contribution is -2.23. The van der Waals surface area contributed by atoms with E-state index in [0.29, 0.717) is 43.6 Å². The van der Waals surface area contributed by atoms with Crippen molar-refractivity contribution in [1.29, 1.82) is 0 Å². The Morgan fingerprint density at radius 1 is 0.906 bits per heavy atom. The van der Waals surface area contributed by atoms with Crippen molar-refractivity contribution in [3.05, 3.63) is 40.7 Å². The van der Waals surface area contributed by atoms with Gasteiger partial charge in [-0.05, 0) is 18.2 Å². The van der Waals surface area contributed by atoms with Crippen molar-refractivity contribution in [3.8, 4) is 23.0 Å². The number of aromatic nitrogens is 1. The first-order valence-corrected chi connectivity index (χ1v) is 10.4. The van der Waals surface area contributed by atoms with Gasteiger partial charge in [0.15, 0.2) is 4.80 Å². The minimum atomic E-state index is -0.486. The summed E-state index contributed by atoms with van der Waals surface area (Å²) in [7, 11) is 7.45. The van der Waals surface area contributed by atoms with Gasteiger partial charge in [-0.3, -0.25) is 9.59 Å². The van der Waals surface area contributed by atoms with Crippen molar-refractivity contribution < 1.29 is 33.3 Å². The summed E-state index contributed by atoms with van der Waals surface area (Å²) in [5.74, 6) is 1.35. The van der Waals surface area contributed by atoms with E-state index in [0.717, 1.165) is 0 Å². The Morgan fingerprint density at radius 3 is 2.22 bits per heavy atom. The Hall–Kier alpha value is -3.53. The average Bonchev–Trinajstić information content (AvgIpc) is 3.16. The Morgan fingerprint density at radius 2 is 1.59 bits per heavy atom. The van der Waals surface area contributed by atoms with E-state index in [9.17, 15) is 9.59 Å². The number of thiazole rings is 1. The molecule has 3 rings (SSSR count). The molecular weight excluding hydrogens is 436 g/mol. The minimum absolute atomic E-state index is 0.00784. The van der Waals surface area contributed by atoms with Gasteiger partial charge in [-0.15, -0.1) is 0 Å². The Balaban J connectivity index is 2.11. The van der Waals surface area contributed by atoms with Gasteiger partial charge in [-0.2, -0.15) is 4.99 Å². The van der Waals surface area contributed by atoms with Crippen LogP contribution >= 0.6 is 11.3 Å². The standard InChI is InChI=1S/C22H24N2O7S/c1-27-14-7-6-13(17(11-14)30-4)10-18(25)23-22-24(12-19(26)31-5)20-15(28-2)8-9-16(29-3)21(20)32-22/h6-9,11H,10,12H2,1-5H3. The predicted molar refractivity (Wildman–Crippen MR) is 119 cm³/mol. The third-order valence-corrected chi connectivity index (χ3v) is 5.86. The number of fused-ring (bicyclic) bond motifs is 1. The zero-order chi connectivity index (χ0) is 23.3. The van der Waals surface area contributed by atoms with Crippen LogP contribution in [0.15, 0.2) is 35.3 Å². The fourth-order valence-electron chi connectivity index (χ4n) is 3.19. The highest BCUT2D eigenvalue weighted by molar-refractivity contribution is 7.16. The molecule has 32 heavy (non-hydrogen) atoms. The van der Waals surface area contributed by atoms with Crippen LogP contribution in [0.5, 0.6) is 23.0 Å². The molecule has 2 aromatic carbocycles. The molecule has 0 radical (unpaired) electrons. The van der Waals surface area contributed by atoms with E-state index >= 15 is 0 Å². The molecule has 10 heteroatoms. The molecule has 0 aliphatic heterocycles. The minimum Gasteiger partial charge on any atom is -0.497 e. The molecule has 0 unspecified atom stereocenters. The van der Waals surface area contributed by atoms with Gasteiger partial charge in [0.25, 0.3) is 5.91 Å². The van der Waals surface area contributed by atoms with Crippen LogP contribution in [0.4, 0.5) is 0 Å². The number of ether oxygens (including phenoxy) is 5. The van der Waals surface area contributed by atoms with Crippen molar-refractivity contribution in [1.82, 2.24) is 4.57 Å². The average molecular weight is 461 g/mol. The molecule has 3 aromatic rings. The number of carbonyl (C=O) groups excluding carboxylic acids is 2. The van der Waals surface area contributed by atoms with E-state index in [2.05, 4.69) is 4.99 Å². The molecule has 0 aliphatic carbocycles. The van der Waals surface area contributed by atoms with Crippen molar-refractivity contribution >= 4 is 33.4 Å². The lowest BCUT2D eigenvalue weighted by molar-refractivity contribution is -0.141. The smallest absolute Gasteiger partial charge is 0.325 e. The number of carbonyl (C=O) groups is 2. The van der Waals surface area contributed by atoms with Crippen molar-refractivity contribution in [3.63, 3.8) is 0 Å². The highest BCUT2D eigenvalue weighted by Crippen LogP contribution is 2.35. The highest BCUT2D eigenvalue weighted by atomic mass is 32.1. The molecule has 1 aromatic heterocycles. The quantitative estimate of drug-likeness (QED) is 0.477. The van der Waals surface area contributed by atoms with Gasteiger partial charge in [0.2, 0.25) is 0 Å². The van der Waals surface area contributed by atoms with Crippen LogP contribution in [0, 0.1) is 0 Å². The van der Waals surface area contributed by atoms with Crippen molar-refractivity contribution in [2.45, 2.75) is 13.0 Å². The zero-order valence-electron chi connectivity index (χ0n) is 18.5. The van der Waals surface area contributed by atoms with Gasteiger partial charge >= 0.3 is 5.97 Å². The van der Waals surface area contributed by atoms with E-state index in [1.54, 1.807) is 49.1 Å². The number of amides is 1. The Bertz CT molecular complexity index is 1210. The molecular formula is C22H24N2O7S. The lowest BCUT2D eigenvalue weighted by Gasteiger charge is -2.09. The van der Waals surface area contributed by atoms with Crippen LogP contribution < -0.4 is 23.7 Å². The molecule has 170 valence electrons. The first-order chi connectivity index (χ1) is 15.4. The summed E-state index contributed by atoms with van der Waals surface area (Å²) >= 11 is 1.22. The monoisotopic (exact) mass is 460 g/mol. The second-order valence-electron chi connectivity index (χ2n) is 6.55. The fraction of sp³-hybridized carbons (Fsp3) is 0.318. The SMILES string of the molecule is COC(=O)Cn1c(=NC(=O)Cc2ccc(OC)cc2OC)sc2c(OC)ccc(OC)c21. The molecule has 0 N–H and O–H groups in total. The Labute approximate surface area is 188 Å². The molecule has 0 fully saturated rings. The molecule has 0 aliphatic rings. The van der Waals surface area contributed by atoms with Gasteiger partial charge in [-0.25, -0.2) is 0 Å². The van der Waals surface area contributed by atoms with E-state index in [4.69, 9.17) is 23.7 Å². The van der Waals surface area contributed by atoms with Gasteiger partial charge < -0.3 is 28.3 Å². The van der Waals surface area contributed by atoms with E-state index in [-0.39, 0.29) is 13.0 Å². The van der Waals surface area contributed by atoms with E-state index in [1.165, 1.54) is 32.7 Å². The van der Waals surface area contributed by atoms with Gasteiger partial charge in [0, 0.05) is 11.6 Å². The first kappa shape index (κ1) is 23.1. The maximum Gasteiger partial charge on any atom is 0.325 e. The van der Waals surface area contributed by atoms with E-state index in [1.807, 2.05) is 0 Å². The maximum atomic E-state index is 12.9. The zero-order valence-corrected chi connectivity index (χ0v) is 19.3. The summed E-state index contributed by atoms with van der Waals surface area (Å²) in [5, 5.41) is 0. The molecule has 0 spiro atoms. The Kier molecular flexibility index (Phi) is 7.37. The molecule has 0 atom stereocenters. The van der Waals surface area contributed by atoms with Crippen LogP contribution in [-0.4, -0.2) is 52.0 Å². The lowest BCUT2D eigenvalue weighted by atomic mass is 10.1. The predicted octanol–water partition coefficient (Wildman–Crippen LogP) is 2.58. The molecule has 0 bridgehead atoms. The van der Waals surface area contributed by atoms with E-state index < -0.39 is 11.9 Å². The van der Waals surface area contributed by atoms with Crippen LogP contribution in [0.3, 0.4) is 0 Å². The number of rotatable bonds is 8. The largest absolute Gasteiger partial charge is 0.497 e. The summed E-state index contributed by atoms with van der Waals surface area (Å²) in [5.41, 5.74) is 1.26. The van der Waals surface area contributed by atoms with Gasteiger partial charge in [-0.1, -0.05) is 17.4 Å². The van der Waals surface area contributed by atoms with Crippen LogP contribution in [0.2, 0.25) is 0 Å². The fourth-order valence-corrected chi connectivity index (χ4v) is 4.34. The summed E-state index contributed by atoms with van der Waals surface area (Å²) in [6.07, 6.45) is 0.00784. The molecule has 9 nitrogen and oxygen atoms in total. The second kappa shape index (κ2) is 10.2. The number of benzene rings is 2. The second-order valence-corrected chi connectivity index (χ2v) is 7.53. The van der Waals surface area contributed by atoms with Crippen LogP contribution in [0.1, 0.15) is 5.56 Å². The van der Waals surface area contributed by atoms with Crippen molar-refractivity contribution in [2.75, 3.05) is 35.5 Å². The van der Waals surface area contributed by atoms with Gasteiger partial charge in [0.1, 0.15) is 39.8 Å². The number of methoxy groups -OCH3 is 5. The number of hydrogen-bond acceptors (Lipinski definition) is 8. The molecule has 0 saturated carbocycles. The molecule has 1 amide bonds. The summed E-state index contributed by atoms with van der Waals surface area (Å²) < 4.78 is 28.6. The van der Waals surface area contributed by atoms with Gasteiger partial charge in [0.05, 0.1) is 42.0 Å². The number of hydrogen-bond donors (Lipinski definition) is 0. The third kappa shape index (κ3) is 4.70. The first-order valence-electron chi connectivity index (χ1n) is 9.55.